The fourth-order valence-electron chi connectivity index (χ4n) is 2.35. The minimum absolute atomic E-state index is 0.109. The van der Waals surface area contributed by atoms with E-state index in [9.17, 15) is 14.9 Å². The van der Waals surface area contributed by atoms with Crippen molar-refractivity contribution in [2.45, 2.75) is 26.7 Å². The van der Waals surface area contributed by atoms with Crippen LogP contribution in [-0.4, -0.2) is 21.5 Å². The number of aryl methyl sites for hydroxylation is 1. The Hall–Kier alpha value is -2.48. The van der Waals surface area contributed by atoms with Gasteiger partial charge in [-0.1, -0.05) is 13.0 Å². The third kappa shape index (κ3) is 3.84. The molecule has 0 saturated carbocycles. The molecule has 2 aromatic rings. The molecule has 0 bridgehead atoms. The average Bonchev–Trinajstić information content (AvgIpc) is 2.51. The summed E-state index contributed by atoms with van der Waals surface area (Å²) >= 11 is 4.96. The highest BCUT2D eigenvalue weighted by atomic mass is 32.1. The molecule has 1 aromatic heterocycles. The molecule has 2 N–H and O–H groups in total. The lowest BCUT2D eigenvalue weighted by molar-refractivity contribution is -0.385. The number of hydrogen-bond donors (Lipinski definition) is 2. The van der Waals surface area contributed by atoms with Crippen LogP contribution in [0.2, 0.25) is 0 Å². The molecule has 0 unspecified atom stereocenters. The van der Waals surface area contributed by atoms with Gasteiger partial charge in [-0.2, -0.15) is 0 Å². The zero-order valence-electron chi connectivity index (χ0n) is 12.8. The van der Waals surface area contributed by atoms with E-state index in [1.54, 1.807) is 19.1 Å². The van der Waals surface area contributed by atoms with E-state index in [2.05, 4.69) is 9.97 Å². The van der Waals surface area contributed by atoms with Gasteiger partial charge in [0.15, 0.2) is 10.5 Å². The van der Waals surface area contributed by atoms with Crippen molar-refractivity contribution >= 4 is 17.9 Å². The Morgan fingerprint density at radius 1 is 1.30 bits per heavy atom. The van der Waals surface area contributed by atoms with E-state index in [1.165, 1.54) is 6.07 Å². The second-order valence-corrected chi connectivity index (χ2v) is 5.30. The Morgan fingerprint density at radius 3 is 2.65 bits per heavy atom. The number of aromatic nitrogens is 2. The summed E-state index contributed by atoms with van der Waals surface area (Å²) in [5, 5.41) is 11.2. The Labute approximate surface area is 137 Å². The Balaban J connectivity index is 2.45. The monoisotopic (exact) mass is 335 g/mol. The molecule has 0 aliphatic carbocycles. The van der Waals surface area contributed by atoms with Crippen LogP contribution in [0.5, 0.6) is 5.75 Å². The lowest BCUT2D eigenvalue weighted by Gasteiger charge is -2.09. The minimum Gasteiger partial charge on any atom is -0.487 e. The van der Waals surface area contributed by atoms with Gasteiger partial charge in [0.05, 0.1) is 11.5 Å². The van der Waals surface area contributed by atoms with Gasteiger partial charge in [0, 0.05) is 23.7 Å². The van der Waals surface area contributed by atoms with Gasteiger partial charge in [0.25, 0.3) is 5.56 Å². The van der Waals surface area contributed by atoms with Crippen LogP contribution >= 0.6 is 12.2 Å². The second-order valence-electron chi connectivity index (χ2n) is 4.89. The molecule has 122 valence electrons. The summed E-state index contributed by atoms with van der Waals surface area (Å²) in [5.41, 5.74) is 1.53. The van der Waals surface area contributed by atoms with Crippen molar-refractivity contribution in [3.8, 4) is 5.75 Å². The summed E-state index contributed by atoms with van der Waals surface area (Å²) in [6, 6.07) is 4.71. The molecule has 7 nitrogen and oxygen atoms in total. The number of rotatable bonds is 6. The molecule has 1 heterocycles. The summed E-state index contributed by atoms with van der Waals surface area (Å²) in [5.74, 6) is 0.221. The molecule has 0 aliphatic heterocycles. The maximum absolute atomic E-state index is 12.1. The molecule has 2 rings (SSSR count). The molecule has 0 saturated heterocycles. The summed E-state index contributed by atoms with van der Waals surface area (Å²) in [4.78, 5) is 28.3. The van der Waals surface area contributed by atoms with Crippen LogP contribution in [0.25, 0.3) is 0 Å². The van der Waals surface area contributed by atoms with Crippen LogP contribution in [0.4, 0.5) is 5.69 Å². The lowest BCUT2D eigenvalue weighted by Crippen LogP contribution is -2.18. The van der Waals surface area contributed by atoms with Crippen LogP contribution in [0, 0.1) is 14.9 Å². The van der Waals surface area contributed by atoms with Crippen molar-refractivity contribution in [2.24, 2.45) is 0 Å². The standard InChI is InChI=1S/C15H17N3O4S/c1-3-11-10(14(19)17-15(23)16-11)7-9-5-6-13(22-4-2)12(8-9)18(20)21/h5-6,8H,3-4,7H2,1-2H3,(H2,16,17,19,23). The van der Waals surface area contributed by atoms with Crippen LogP contribution in [0.3, 0.4) is 0 Å². The molecule has 0 fully saturated rings. The molecule has 0 atom stereocenters. The van der Waals surface area contributed by atoms with Crippen molar-refractivity contribution in [2.75, 3.05) is 6.61 Å². The Morgan fingerprint density at radius 2 is 2.04 bits per heavy atom. The molecule has 0 spiro atoms. The molecular weight excluding hydrogens is 318 g/mol. The molecule has 23 heavy (non-hydrogen) atoms. The Bertz CT molecular complexity index is 841. The first-order chi connectivity index (χ1) is 11.0. The predicted molar refractivity (Wildman–Crippen MR) is 88.7 cm³/mol. The van der Waals surface area contributed by atoms with E-state index < -0.39 is 4.92 Å². The first-order valence-corrected chi connectivity index (χ1v) is 7.61. The van der Waals surface area contributed by atoms with Crippen molar-refractivity contribution in [3.63, 3.8) is 0 Å². The smallest absolute Gasteiger partial charge is 0.311 e. The van der Waals surface area contributed by atoms with Gasteiger partial charge in [-0.05, 0) is 37.2 Å². The summed E-state index contributed by atoms with van der Waals surface area (Å²) in [6.07, 6.45) is 0.889. The molecule has 1 aromatic carbocycles. The number of H-pyrrole nitrogens is 2. The van der Waals surface area contributed by atoms with Gasteiger partial charge >= 0.3 is 5.69 Å². The van der Waals surface area contributed by atoms with Crippen LogP contribution in [-0.2, 0) is 12.8 Å². The normalized spacial score (nSPS) is 10.5. The third-order valence-corrected chi connectivity index (χ3v) is 3.59. The van der Waals surface area contributed by atoms with Crippen molar-refractivity contribution in [3.05, 3.63) is 60.3 Å². The third-order valence-electron chi connectivity index (χ3n) is 3.38. The predicted octanol–water partition coefficient (Wildman–Crippen LogP) is 2.89. The van der Waals surface area contributed by atoms with E-state index in [4.69, 9.17) is 17.0 Å². The fourth-order valence-corrected chi connectivity index (χ4v) is 2.56. The van der Waals surface area contributed by atoms with Gasteiger partial charge < -0.3 is 9.72 Å². The maximum Gasteiger partial charge on any atom is 0.311 e. The van der Waals surface area contributed by atoms with Gasteiger partial charge in [0.1, 0.15) is 0 Å². The maximum atomic E-state index is 12.1. The summed E-state index contributed by atoms with van der Waals surface area (Å²) in [6.45, 7) is 4.01. The topological polar surface area (TPSA) is 101 Å². The average molecular weight is 335 g/mol. The van der Waals surface area contributed by atoms with Crippen LogP contribution < -0.4 is 10.3 Å². The molecule has 8 heteroatoms. The Kier molecular flexibility index (Phi) is 5.28. The van der Waals surface area contributed by atoms with Gasteiger partial charge in [-0.15, -0.1) is 0 Å². The van der Waals surface area contributed by atoms with Crippen LogP contribution in [0.1, 0.15) is 30.7 Å². The lowest BCUT2D eigenvalue weighted by atomic mass is 10.0. The fraction of sp³-hybridized carbons (Fsp3) is 0.333. The number of benzene rings is 1. The van der Waals surface area contributed by atoms with Gasteiger partial charge in [0.2, 0.25) is 0 Å². The summed E-state index contributed by atoms with van der Waals surface area (Å²) < 4.78 is 5.53. The highest BCUT2D eigenvalue weighted by Crippen LogP contribution is 2.28. The quantitative estimate of drug-likeness (QED) is 0.480. The molecule has 0 aliphatic rings. The van der Waals surface area contributed by atoms with Gasteiger partial charge in [-0.25, -0.2) is 0 Å². The highest BCUT2D eigenvalue weighted by molar-refractivity contribution is 7.71. The molecular formula is C15H17N3O4S. The first kappa shape index (κ1) is 16.9. The van der Waals surface area contributed by atoms with E-state index in [-0.39, 0.29) is 28.2 Å². The second kappa shape index (κ2) is 7.19. The number of aromatic amines is 2. The van der Waals surface area contributed by atoms with Crippen LogP contribution in [0.15, 0.2) is 23.0 Å². The molecule has 0 radical (unpaired) electrons. The number of nitro benzene ring substituents is 1. The SMILES string of the molecule is CCOc1ccc(Cc2c(CC)[nH]c(=S)[nH]c2=O)cc1[N+](=O)[O-]. The minimum atomic E-state index is -0.488. The van der Waals surface area contributed by atoms with Crippen molar-refractivity contribution in [1.29, 1.82) is 0 Å². The largest absolute Gasteiger partial charge is 0.487 e. The molecule has 0 amide bonds. The van der Waals surface area contributed by atoms with Gasteiger partial charge in [-0.3, -0.25) is 19.9 Å². The summed E-state index contributed by atoms with van der Waals surface area (Å²) in [7, 11) is 0. The van der Waals surface area contributed by atoms with Crippen molar-refractivity contribution < 1.29 is 9.66 Å². The first-order valence-electron chi connectivity index (χ1n) is 7.20. The van der Waals surface area contributed by atoms with E-state index in [1.807, 2.05) is 6.92 Å². The number of nitrogens with one attached hydrogen (secondary N) is 2. The van der Waals surface area contributed by atoms with E-state index in [0.717, 1.165) is 5.69 Å². The zero-order valence-corrected chi connectivity index (χ0v) is 13.7. The number of hydrogen-bond acceptors (Lipinski definition) is 5. The van der Waals surface area contributed by atoms with E-state index in [0.29, 0.717) is 24.2 Å². The number of nitrogens with zero attached hydrogens (tertiary/aromatic N) is 1. The number of ether oxygens (including phenoxy) is 1. The highest BCUT2D eigenvalue weighted by Gasteiger charge is 2.17. The number of nitro groups is 1. The van der Waals surface area contributed by atoms with Crippen molar-refractivity contribution in [1.82, 2.24) is 9.97 Å². The van der Waals surface area contributed by atoms with E-state index >= 15 is 0 Å². The zero-order chi connectivity index (χ0) is 17.0.